The number of hydrogen-bond donors (Lipinski definition) is 1. The molecule has 9 heteroatoms. The quantitative estimate of drug-likeness (QED) is 0.859. The van der Waals surface area contributed by atoms with E-state index in [1.807, 2.05) is 11.9 Å². The summed E-state index contributed by atoms with van der Waals surface area (Å²) in [7, 11) is 1.85. The summed E-state index contributed by atoms with van der Waals surface area (Å²) in [6, 6.07) is 1.33. The molecule has 27 heavy (non-hydrogen) atoms. The highest BCUT2D eigenvalue weighted by Crippen LogP contribution is 2.42. The van der Waals surface area contributed by atoms with Crippen LogP contribution in [-0.2, 0) is 4.94 Å². The van der Waals surface area contributed by atoms with Gasteiger partial charge in [0.05, 0.1) is 21.6 Å². The smallest absolute Gasteiger partial charge is 0.366 e. The van der Waals surface area contributed by atoms with Gasteiger partial charge < -0.3 is 14.8 Å². The summed E-state index contributed by atoms with van der Waals surface area (Å²) in [6.07, 6.45) is 3.77. The number of rotatable bonds is 4. The van der Waals surface area contributed by atoms with Crippen LogP contribution in [0, 0.1) is 5.82 Å². The molecule has 1 N–H and O–H groups in total. The first kappa shape index (κ1) is 18.2. The Hall–Kier alpha value is -2.19. The number of aromatic nitrogens is 1. The van der Waals surface area contributed by atoms with Gasteiger partial charge in [-0.15, -0.1) is 0 Å². The van der Waals surface area contributed by atoms with E-state index in [0.29, 0.717) is 18.6 Å². The van der Waals surface area contributed by atoms with Crippen LogP contribution in [-0.4, -0.2) is 36.7 Å². The maximum atomic E-state index is 14.9. The van der Waals surface area contributed by atoms with Crippen LogP contribution in [0.3, 0.4) is 0 Å². The number of carbonyl (C=O) groups is 1. The summed E-state index contributed by atoms with van der Waals surface area (Å²) in [5.41, 5.74) is -0.664. The number of nitrogens with one attached hydrogen (secondary N) is 1. The number of hydrogen-bond acceptors (Lipinski definition) is 5. The SMILES string of the molecule is CNC1CCN(c2c(F)cc3c(=O)c(C(=O)OF)cn(C4CC4)c3c2Cl)C1. The second-order valence-corrected chi connectivity index (χ2v) is 7.39. The summed E-state index contributed by atoms with van der Waals surface area (Å²) in [6.45, 7) is 1.23. The van der Waals surface area contributed by atoms with Gasteiger partial charge in [-0.2, -0.15) is 0 Å². The molecule has 2 aliphatic rings. The topological polar surface area (TPSA) is 63.6 Å². The van der Waals surface area contributed by atoms with Crippen molar-refractivity contribution in [3.8, 4) is 0 Å². The van der Waals surface area contributed by atoms with Gasteiger partial charge in [0.25, 0.3) is 0 Å². The molecule has 1 atom stereocenters. The Morgan fingerprint density at radius 1 is 1.37 bits per heavy atom. The maximum absolute atomic E-state index is 14.9. The molecule has 4 rings (SSSR count). The van der Waals surface area contributed by atoms with E-state index in [1.54, 1.807) is 4.57 Å². The fourth-order valence-corrected chi connectivity index (χ4v) is 4.16. The van der Waals surface area contributed by atoms with Gasteiger partial charge in [0.2, 0.25) is 5.43 Å². The zero-order chi connectivity index (χ0) is 19.3. The Morgan fingerprint density at radius 2 is 2.11 bits per heavy atom. The van der Waals surface area contributed by atoms with Crippen LogP contribution in [0.5, 0.6) is 0 Å². The van der Waals surface area contributed by atoms with Gasteiger partial charge in [-0.1, -0.05) is 11.6 Å². The second kappa shape index (κ2) is 6.76. The van der Waals surface area contributed by atoms with E-state index < -0.39 is 22.8 Å². The first-order valence-electron chi connectivity index (χ1n) is 8.78. The fourth-order valence-electron chi connectivity index (χ4n) is 3.75. The van der Waals surface area contributed by atoms with Gasteiger partial charge >= 0.3 is 5.97 Å². The molecule has 2 aromatic rings. The molecule has 144 valence electrons. The average Bonchev–Trinajstić information content (AvgIpc) is 3.40. The van der Waals surface area contributed by atoms with Crippen LogP contribution in [0.15, 0.2) is 17.1 Å². The van der Waals surface area contributed by atoms with Gasteiger partial charge in [-0.25, -0.2) is 14.1 Å². The summed E-state index contributed by atoms with van der Waals surface area (Å²) < 4.78 is 29.0. The fraction of sp³-hybridized carbons (Fsp3) is 0.444. The van der Waals surface area contributed by atoms with Crippen molar-refractivity contribution in [1.29, 1.82) is 0 Å². The van der Waals surface area contributed by atoms with Crippen molar-refractivity contribution in [2.75, 3.05) is 25.0 Å². The van der Waals surface area contributed by atoms with Gasteiger partial charge in [-0.05, 0) is 32.4 Å². The predicted octanol–water partition coefficient (Wildman–Crippen LogP) is 2.97. The summed E-state index contributed by atoms with van der Waals surface area (Å²) in [5, 5.41) is 3.24. The van der Waals surface area contributed by atoms with Crippen LogP contribution >= 0.6 is 11.6 Å². The molecule has 1 saturated heterocycles. The van der Waals surface area contributed by atoms with Gasteiger partial charge in [0.1, 0.15) is 11.4 Å². The largest absolute Gasteiger partial charge is 0.384 e. The minimum Gasteiger partial charge on any atom is -0.366 e. The minimum atomic E-state index is -1.40. The molecule has 2 heterocycles. The molecule has 0 bridgehead atoms. The molecule has 1 aliphatic carbocycles. The number of anilines is 1. The molecule has 0 spiro atoms. The zero-order valence-electron chi connectivity index (χ0n) is 14.6. The third-order valence-electron chi connectivity index (χ3n) is 5.33. The lowest BCUT2D eigenvalue weighted by molar-refractivity contribution is -0.0789. The number of carbonyl (C=O) groups excluding carboxylic acids is 1. The van der Waals surface area contributed by atoms with E-state index >= 15 is 0 Å². The minimum absolute atomic E-state index is 0.0266. The first-order valence-corrected chi connectivity index (χ1v) is 9.16. The number of benzene rings is 1. The lowest BCUT2D eigenvalue weighted by Gasteiger charge is -2.23. The number of likely N-dealkylation sites (N-methyl/N-ethyl adjacent to an activating group) is 1. The van der Waals surface area contributed by atoms with Crippen molar-refractivity contribution in [3.05, 3.63) is 38.9 Å². The Labute approximate surface area is 158 Å². The molecule has 1 saturated carbocycles. The molecule has 0 radical (unpaired) electrons. The number of halogens is 3. The van der Waals surface area contributed by atoms with Gasteiger partial charge in [-0.3, -0.25) is 4.79 Å². The van der Waals surface area contributed by atoms with Crippen LogP contribution in [0.1, 0.15) is 35.7 Å². The molecule has 1 unspecified atom stereocenters. The van der Waals surface area contributed by atoms with Crippen molar-refractivity contribution in [2.45, 2.75) is 31.3 Å². The molecule has 0 amide bonds. The Balaban J connectivity index is 1.96. The van der Waals surface area contributed by atoms with Crippen LogP contribution < -0.4 is 15.6 Å². The average molecular weight is 398 g/mol. The van der Waals surface area contributed by atoms with Crippen LogP contribution in [0.4, 0.5) is 14.6 Å². The van der Waals surface area contributed by atoms with E-state index in [0.717, 1.165) is 25.3 Å². The summed E-state index contributed by atoms with van der Waals surface area (Å²) >= 11 is 6.58. The zero-order valence-corrected chi connectivity index (χ0v) is 15.4. The van der Waals surface area contributed by atoms with E-state index in [2.05, 4.69) is 10.3 Å². The molecule has 1 aromatic carbocycles. The molecule has 6 nitrogen and oxygen atoms in total. The molecule has 2 fully saturated rings. The van der Waals surface area contributed by atoms with Crippen molar-refractivity contribution >= 4 is 34.2 Å². The monoisotopic (exact) mass is 397 g/mol. The maximum Gasteiger partial charge on any atom is 0.384 e. The highest BCUT2D eigenvalue weighted by molar-refractivity contribution is 6.38. The lowest BCUT2D eigenvalue weighted by Crippen LogP contribution is -2.30. The van der Waals surface area contributed by atoms with Gasteiger partial charge in [0.15, 0.2) is 0 Å². The molecule has 1 aromatic heterocycles. The van der Waals surface area contributed by atoms with E-state index in [1.165, 1.54) is 6.20 Å². The van der Waals surface area contributed by atoms with Crippen molar-refractivity contribution in [3.63, 3.8) is 0 Å². The summed E-state index contributed by atoms with van der Waals surface area (Å²) in [5.74, 6) is -2.04. The number of nitrogens with zero attached hydrogens (tertiary/aromatic N) is 2. The third-order valence-corrected chi connectivity index (χ3v) is 5.68. The lowest BCUT2D eigenvalue weighted by atomic mass is 10.1. The second-order valence-electron chi connectivity index (χ2n) is 7.01. The Morgan fingerprint density at radius 3 is 2.70 bits per heavy atom. The van der Waals surface area contributed by atoms with Crippen LogP contribution in [0.25, 0.3) is 10.9 Å². The molecular formula is C18H18ClF2N3O3. The van der Waals surface area contributed by atoms with E-state index in [4.69, 9.17) is 11.6 Å². The van der Waals surface area contributed by atoms with Gasteiger partial charge in [0, 0.05) is 35.9 Å². The Bertz CT molecular complexity index is 990. The normalized spacial score (nSPS) is 19.7. The number of fused-ring (bicyclic) bond motifs is 1. The standard InChI is InChI=1S/C18H18ClF2N3O3/c1-22-9-4-5-23(7-9)16-13(20)6-11-15(14(16)19)24(10-2-3-10)8-12(17(11)25)18(26)27-21/h6,8-10,22H,2-5,7H2,1H3. The van der Waals surface area contributed by atoms with Crippen LogP contribution in [0.2, 0.25) is 5.02 Å². The summed E-state index contributed by atoms with van der Waals surface area (Å²) in [4.78, 5) is 29.3. The predicted molar refractivity (Wildman–Crippen MR) is 97.6 cm³/mol. The Kier molecular flexibility index (Phi) is 4.55. The van der Waals surface area contributed by atoms with Crippen molar-refractivity contribution < 1.29 is 18.7 Å². The first-order chi connectivity index (χ1) is 13.0. The highest BCUT2D eigenvalue weighted by Gasteiger charge is 2.32. The van der Waals surface area contributed by atoms with Crippen molar-refractivity contribution in [1.82, 2.24) is 9.88 Å². The molecular weight excluding hydrogens is 380 g/mol. The number of pyridine rings is 1. The molecule has 1 aliphatic heterocycles. The van der Waals surface area contributed by atoms with E-state index in [-0.39, 0.29) is 28.2 Å². The third kappa shape index (κ3) is 2.96. The van der Waals surface area contributed by atoms with E-state index in [9.17, 15) is 18.5 Å². The highest BCUT2D eigenvalue weighted by atomic mass is 35.5. The van der Waals surface area contributed by atoms with Crippen molar-refractivity contribution in [2.24, 2.45) is 0 Å².